The smallest absolute Gasteiger partial charge is 0.261 e. The van der Waals surface area contributed by atoms with Gasteiger partial charge in [-0.25, -0.2) is 4.98 Å². The van der Waals surface area contributed by atoms with Gasteiger partial charge in [0.25, 0.3) is 11.8 Å². The first-order chi connectivity index (χ1) is 17.1. The second-order valence-electron chi connectivity index (χ2n) is 8.61. The van der Waals surface area contributed by atoms with Gasteiger partial charge in [0.15, 0.2) is 0 Å². The maximum absolute atomic E-state index is 13.2. The molecule has 2 amide bonds. The van der Waals surface area contributed by atoms with E-state index in [1.807, 2.05) is 18.3 Å². The van der Waals surface area contributed by atoms with E-state index in [9.17, 15) is 9.59 Å². The van der Waals surface area contributed by atoms with Crippen LogP contribution in [-0.4, -0.2) is 53.8 Å². The van der Waals surface area contributed by atoms with Gasteiger partial charge in [0, 0.05) is 37.7 Å². The zero-order chi connectivity index (χ0) is 24.1. The summed E-state index contributed by atoms with van der Waals surface area (Å²) in [6, 6.07) is 9.85. The number of benzene rings is 1. The molecule has 5 heterocycles. The lowest BCUT2D eigenvalue weighted by Gasteiger charge is -2.24. The van der Waals surface area contributed by atoms with E-state index in [1.165, 1.54) is 5.56 Å². The minimum absolute atomic E-state index is 0.232. The Morgan fingerprint density at radius 1 is 1.11 bits per heavy atom. The molecule has 0 spiro atoms. The number of carbonyl (C=O) groups excluding carboxylic acids is 2. The van der Waals surface area contributed by atoms with Gasteiger partial charge in [-0.3, -0.25) is 24.3 Å². The number of hydrogen-bond acceptors (Lipinski definition) is 7. The second-order valence-corrected chi connectivity index (χ2v) is 8.61. The zero-order valence-corrected chi connectivity index (χ0v) is 19.3. The van der Waals surface area contributed by atoms with Gasteiger partial charge in [-0.1, -0.05) is 18.2 Å². The molecule has 0 saturated carbocycles. The monoisotopic (exact) mass is 469 g/mol. The molecule has 0 aliphatic carbocycles. The molecule has 35 heavy (non-hydrogen) atoms. The number of fused-ring (bicyclic) bond motifs is 1. The summed E-state index contributed by atoms with van der Waals surface area (Å²) in [5.41, 5.74) is 5.07. The highest BCUT2D eigenvalue weighted by atomic mass is 16.5. The Hall–Kier alpha value is -4.24. The van der Waals surface area contributed by atoms with Crippen molar-refractivity contribution in [1.82, 2.24) is 14.7 Å². The van der Waals surface area contributed by atoms with Crippen molar-refractivity contribution in [3.05, 3.63) is 77.5 Å². The number of anilines is 1. The van der Waals surface area contributed by atoms with Gasteiger partial charge < -0.3 is 14.4 Å². The maximum atomic E-state index is 13.2. The summed E-state index contributed by atoms with van der Waals surface area (Å²) in [6.45, 7) is 0.649. The summed E-state index contributed by atoms with van der Waals surface area (Å²) in [5, 5.41) is 2.47. The van der Waals surface area contributed by atoms with Crippen LogP contribution >= 0.6 is 0 Å². The second kappa shape index (κ2) is 8.21. The van der Waals surface area contributed by atoms with Crippen molar-refractivity contribution in [2.75, 3.05) is 25.7 Å². The largest absolute Gasteiger partial charge is 0.495 e. The number of carbonyl (C=O) groups is 2. The lowest BCUT2D eigenvalue weighted by atomic mass is 9.94. The van der Waals surface area contributed by atoms with E-state index in [2.05, 4.69) is 26.3 Å². The SMILES string of the molecule is COCCC1Cc2cccc3c2N1C=CN=C3C1=C(c2cnc3ccc(OC)cn23)C(=O)NC1=O. The average molecular weight is 470 g/mol. The number of methoxy groups -OCH3 is 2. The van der Waals surface area contributed by atoms with Crippen molar-refractivity contribution in [3.8, 4) is 5.75 Å². The molecule has 1 atom stereocenters. The number of imide groups is 1. The first-order valence-corrected chi connectivity index (χ1v) is 11.4. The van der Waals surface area contributed by atoms with Crippen LogP contribution in [0.5, 0.6) is 5.75 Å². The van der Waals surface area contributed by atoms with E-state index in [0.717, 1.165) is 24.1 Å². The number of para-hydroxylation sites is 1. The molecule has 6 rings (SSSR count). The fourth-order valence-corrected chi connectivity index (χ4v) is 5.12. The Labute approximate surface area is 201 Å². The lowest BCUT2D eigenvalue weighted by molar-refractivity contribution is -0.123. The summed E-state index contributed by atoms with van der Waals surface area (Å²) in [7, 11) is 3.27. The van der Waals surface area contributed by atoms with Crippen LogP contribution in [-0.2, 0) is 20.7 Å². The lowest BCUT2D eigenvalue weighted by Crippen LogP contribution is -2.28. The Morgan fingerprint density at radius 2 is 1.97 bits per heavy atom. The van der Waals surface area contributed by atoms with Crippen LogP contribution < -0.4 is 15.0 Å². The standard InChI is InChI=1S/C26H23N5O4/c1-34-11-8-16-12-15-4-3-5-18-23(27-9-10-30(16)24(15)18)22-21(25(32)29-26(22)33)19-13-28-20-7-6-17(35-2)14-31(19)20/h3-7,9-10,13-14,16H,8,11-12H2,1-2H3,(H,29,32,33). The summed E-state index contributed by atoms with van der Waals surface area (Å²) in [5.74, 6) is -0.347. The number of imidazole rings is 1. The van der Waals surface area contributed by atoms with Crippen LogP contribution in [0.1, 0.15) is 23.2 Å². The number of nitrogens with one attached hydrogen (secondary N) is 1. The van der Waals surface area contributed by atoms with Crippen molar-refractivity contribution < 1.29 is 19.1 Å². The molecule has 3 aliphatic rings. The molecule has 0 saturated heterocycles. The van der Waals surface area contributed by atoms with Gasteiger partial charge in [0.05, 0.1) is 47.7 Å². The van der Waals surface area contributed by atoms with E-state index in [-0.39, 0.29) is 17.2 Å². The molecule has 9 heteroatoms. The van der Waals surface area contributed by atoms with Crippen molar-refractivity contribution >= 4 is 34.4 Å². The number of hydrogen-bond donors (Lipinski definition) is 1. The third kappa shape index (κ3) is 3.27. The van der Waals surface area contributed by atoms with Crippen LogP contribution in [0.15, 0.2) is 65.7 Å². The number of ether oxygens (including phenoxy) is 2. The molecule has 1 aromatic carbocycles. The third-order valence-corrected chi connectivity index (χ3v) is 6.71. The molecule has 1 unspecified atom stereocenters. The molecule has 9 nitrogen and oxygen atoms in total. The summed E-state index contributed by atoms with van der Waals surface area (Å²) < 4.78 is 12.4. The zero-order valence-electron chi connectivity index (χ0n) is 19.3. The van der Waals surface area contributed by atoms with E-state index in [4.69, 9.17) is 9.47 Å². The first-order valence-electron chi connectivity index (χ1n) is 11.4. The number of amides is 2. The van der Waals surface area contributed by atoms with Crippen molar-refractivity contribution in [3.63, 3.8) is 0 Å². The molecule has 0 radical (unpaired) electrons. The predicted molar refractivity (Wildman–Crippen MR) is 130 cm³/mol. The van der Waals surface area contributed by atoms with Crippen LogP contribution in [0.25, 0.3) is 11.2 Å². The molecular weight excluding hydrogens is 446 g/mol. The highest BCUT2D eigenvalue weighted by Gasteiger charge is 2.39. The summed E-state index contributed by atoms with van der Waals surface area (Å²) in [6.07, 6.45) is 8.71. The molecule has 1 N–H and O–H groups in total. The topological polar surface area (TPSA) is 97.5 Å². The Bertz CT molecular complexity index is 1480. The summed E-state index contributed by atoms with van der Waals surface area (Å²) >= 11 is 0. The maximum Gasteiger partial charge on any atom is 0.261 e. The fourth-order valence-electron chi connectivity index (χ4n) is 5.12. The first kappa shape index (κ1) is 21.3. The highest BCUT2D eigenvalue weighted by Crippen LogP contribution is 2.40. The van der Waals surface area contributed by atoms with Gasteiger partial charge in [-0.05, 0) is 30.5 Å². The van der Waals surface area contributed by atoms with Gasteiger partial charge in [-0.2, -0.15) is 0 Å². The summed E-state index contributed by atoms with van der Waals surface area (Å²) in [4.78, 5) is 37.6. The molecule has 2 aromatic heterocycles. The Morgan fingerprint density at radius 3 is 2.80 bits per heavy atom. The number of rotatable bonds is 6. The van der Waals surface area contributed by atoms with Crippen LogP contribution in [0.3, 0.4) is 0 Å². The van der Waals surface area contributed by atoms with Gasteiger partial charge in [0.2, 0.25) is 0 Å². The highest BCUT2D eigenvalue weighted by molar-refractivity contribution is 6.47. The predicted octanol–water partition coefficient (Wildman–Crippen LogP) is 2.49. The van der Waals surface area contributed by atoms with Crippen molar-refractivity contribution in [2.24, 2.45) is 4.99 Å². The van der Waals surface area contributed by atoms with Crippen molar-refractivity contribution in [1.29, 1.82) is 0 Å². The molecular formula is C26H23N5O4. The van der Waals surface area contributed by atoms with Gasteiger partial charge >= 0.3 is 0 Å². The molecule has 3 aliphatic heterocycles. The minimum Gasteiger partial charge on any atom is -0.495 e. The van der Waals surface area contributed by atoms with E-state index in [0.29, 0.717) is 29.4 Å². The number of aliphatic imine (C=N–C) groups is 1. The number of nitrogens with zero attached hydrogens (tertiary/aromatic N) is 4. The fraction of sp³-hybridized carbons (Fsp3) is 0.231. The number of pyridine rings is 1. The van der Waals surface area contributed by atoms with Crippen LogP contribution in [0.2, 0.25) is 0 Å². The van der Waals surface area contributed by atoms with Crippen molar-refractivity contribution in [2.45, 2.75) is 18.9 Å². The Kier molecular flexibility index (Phi) is 5.00. The quantitative estimate of drug-likeness (QED) is 0.557. The van der Waals surface area contributed by atoms with Crippen LogP contribution in [0, 0.1) is 0 Å². The molecule has 0 bridgehead atoms. The minimum atomic E-state index is -0.479. The molecule has 176 valence electrons. The third-order valence-electron chi connectivity index (χ3n) is 6.71. The van der Waals surface area contributed by atoms with E-state index in [1.54, 1.807) is 49.3 Å². The van der Waals surface area contributed by atoms with Gasteiger partial charge in [0.1, 0.15) is 11.4 Å². The van der Waals surface area contributed by atoms with Gasteiger partial charge in [-0.15, -0.1) is 0 Å². The van der Waals surface area contributed by atoms with E-state index < -0.39 is 11.8 Å². The Balaban J connectivity index is 1.54. The van der Waals surface area contributed by atoms with E-state index >= 15 is 0 Å². The molecule has 0 fully saturated rings. The molecule has 3 aromatic rings. The average Bonchev–Trinajstić information content (AvgIpc) is 3.48. The number of aromatic nitrogens is 2. The van der Waals surface area contributed by atoms with Crippen LogP contribution in [0.4, 0.5) is 5.69 Å². The normalized spacial score (nSPS) is 18.7.